The van der Waals surface area contributed by atoms with Crippen LogP contribution in [0.15, 0.2) is 29.2 Å². The smallest absolute Gasteiger partial charge is 0.335 e. The zero-order chi connectivity index (χ0) is 25.4. The Morgan fingerprint density at radius 3 is 1.40 bits per heavy atom. The maximum atomic E-state index is 10.9. The Kier molecular flexibility index (Phi) is 21.4. The van der Waals surface area contributed by atoms with Gasteiger partial charge in [0.25, 0.3) is 0 Å². The van der Waals surface area contributed by atoms with Crippen LogP contribution in [-0.4, -0.2) is 28.0 Å². The van der Waals surface area contributed by atoms with Crippen LogP contribution in [0.25, 0.3) is 0 Å². The van der Waals surface area contributed by atoms with Gasteiger partial charge < -0.3 is 10.2 Å². The lowest BCUT2D eigenvalue weighted by atomic mass is 10.0. The van der Waals surface area contributed by atoms with Crippen molar-refractivity contribution in [2.24, 2.45) is 0 Å². The molecule has 35 heavy (non-hydrogen) atoms. The fraction of sp³-hybridized carbons (Fsp3) is 0.774. The van der Waals surface area contributed by atoms with Crippen molar-refractivity contribution in [3.63, 3.8) is 0 Å². The third kappa shape index (κ3) is 19.8. The molecule has 1 rings (SSSR count). The van der Waals surface area contributed by atoms with E-state index in [0.29, 0.717) is 11.3 Å². The first-order valence-electron chi connectivity index (χ1n) is 14.8. The highest BCUT2D eigenvalue weighted by molar-refractivity contribution is 7.99. The van der Waals surface area contributed by atoms with Crippen LogP contribution in [0.5, 0.6) is 0 Å². The van der Waals surface area contributed by atoms with Crippen molar-refractivity contribution >= 4 is 17.7 Å². The van der Waals surface area contributed by atoms with Crippen molar-refractivity contribution in [2.45, 2.75) is 153 Å². The third-order valence-electron chi connectivity index (χ3n) is 6.93. The summed E-state index contributed by atoms with van der Waals surface area (Å²) in [5.41, 5.74) is 0.305. The summed E-state index contributed by atoms with van der Waals surface area (Å²) >= 11 is 1.60. The Balaban J connectivity index is 1.78. The Morgan fingerprint density at radius 2 is 1.03 bits per heavy atom. The van der Waals surface area contributed by atoms with Gasteiger partial charge in [-0.15, -0.1) is 11.8 Å². The Labute approximate surface area is 220 Å². The predicted octanol–water partition coefficient (Wildman–Crippen LogP) is 10.0. The molecule has 4 heteroatoms. The first-order valence-corrected chi connectivity index (χ1v) is 15.8. The molecule has 0 aromatic heterocycles. The molecular formula is C31H54O3S. The second-order valence-electron chi connectivity index (χ2n) is 10.3. The maximum absolute atomic E-state index is 10.9. The van der Waals surface area contributed by atoms with E-state index in [1.807, 2.05) is 12.1 Å². The number of carboxylic acids is 1. The average Bonchev–Trinajstić information content (AvgIpc) is 2.86. The lowest BCUT2D eigenvalue weighted by Crippen LogP contribution is -2.09. The summed E-state index contributed by atoms with van der Waals surface area (Å²) in [4.78, 5) is 11.9. The highest BCUT2D eigenvalue weighted by Gasteiger charge is 2.07. The van der Waals surface area contributed by atoms with E-state index in [4.69, 9.17) is 5.11 Å². The van der Waals surface area contributed by atoms with Gasteiger partial charge in [0.2, 0.25) is 0 Å². The standard InChI is InChI=1S/C31H54O3S/c1-2-3-4-5-6-7-8-9-10-11-12-13-14-15-16-17-18-19-20-21-22-29(32)27-35-30-25-23-28(24-26-30)31(33)34/h23-26,29,32H,2-22,27H2,1H3,(H,33,34). The number of aromatic carboxylic acids is 1. The first-order chi connectivity index (χ1) is 17.1. The molecule has 0 saturated heterocycles. The highest BCUT2D eigenvalue weighted by Crippen LogP contribution is 2.21. The largest absolute Gasteiger partial charge is 0.478 e. The normalized spacial score (nSPS) is 12.2. The van der Waals surface area contributed by atoms with Crippen molar-refractivity contribution in [3.05, 3.63) is 29.8 Å². The number of thioether (sulfide) groups is 1. The van der Waals surface area contributed by atoms with Crippen LogP contribution < -0.4 is 0 Å². The van der Waals surface area contributed by atoms with Gasteiger partial charge in [-0.3, -0.25) is 0 Å². The van der Waals surface area contributed by atoms with E-state index in [2.05, 4.69) is 6.92 Å². The summed E-state index contributed by atoms with van der Waals surface area (Å²) < 4.78 is 0. The number of carbonyl (C=O) groups is 1. The lowest BCUT2D eigenvalue weighted by Gasteiger charge is -2.10. The van der Waals surface area contributed by atoms with Crippen molar-refractivity contribution in [1.29, 1.82) is 0 Å². The van der Waals surface area contributed by atoms with Crippen LogP contribution in [0.2, 0.25) is 0 Å². The molecule has 0 aliphatic carbocycles. The number of benzene rings is 1. The van der Waals surface area contributed by atoms with Crippen LogP contribution in [-0.2, 0) is 0 Å². The first kappa shape index (κ1) is 32.0. The molecule has 1 aromatic rings. The summed E-state index contributed by atoms with van der Waals surface area (Å²) in [5.74, 6) is -0.230. The molecule has 3 nitrogen and oxygen atoms in total. The second-order valence-corrected chi connectivity index (χ2v) is 11.4. The minimum Gasteiger partial charge on any atom is -0.478 e. The molecule has 0 fully saturated rings. The summed E-state index contributed by atoms with van der Waals surface area (Å²) in [6.07, 6.45) is 28.3. The monoisotopic (exact) mass is 506 g/mol. The molecule has 0 bridgehead atoms. The van der Waals surface area contributed by atoms with Crippen molar-refractivity contribution in [1.82, 2.24) is 0 Å². The Hall–Kier alpha value is -1.00. The van der Waals surface area contributed by atoms with Crippen LogP contribution >= 0.6 is 11.8 Å². The number of carboxylic acid groups (broad SMARTS) is 1. The van der Waals surface area contributed by atoms with Gasteiger partial charge in [0.1, 0.15) is 0 Å². The summed E-state index contributed by atoms with van der Waals surface area (Å²) in [7, 11) is 0. The zero-order valence-corrected chi connectivity index (χ0v) is 23.5. The molecule has 1 aromatic carbocycles. The average molecular weight is 507 g/mol. The SMILES string of the molecule is CCCCCCCCCCCCCCCCCCCCCCC(O)CSc1ccc(C(=O)O)cc1. The van der Waals surface area contributed by atoms with Gasteiger partial charge in [-0.2, -0.15) is 0 Å². The van der Waals surface area contributed by atoms with Gasteiger partial charge in [-0.1, -0.05) is 135 Å². The minimum atomic E-state index is -0.902. The van der Waals surface area contributed by atoms with E-state index in [1.165, 1.54) is 122 Å². The second kappa shape index (κ2) is 23.4. The summed E-state index contributed by atoms with van der Waals surface area (Å²) in [6.45, 7) is 2.29. The lowest BCUT2D eigenvalue weighted by molar-refractivity contribution is 0.0696. The van der Waals surface area contributed by atoms with Crippen LogP contribution in [0.1, 0.15) is 152 Å². The predicted molar refractivity (Wildman–Crippen MR) is 153 cm³/mol. The van der Waals surface area contributed by atoms with Gasteiger partial charge in [-0.25, -0.2) is 4.79 Å². The number of aliphatic hydroxyl groups excluding tert-OH is 1. The number of unbranched alkanes of at least 4 members (excludes halogenated alkanes) is 19. The molecule has 0 aliphatic rings. The van der Waals surface area contributed by atoms with Gasteiger partial charge in [-0.05, 0) is 30.7 Å². The topological polar surface area (TPSA) is 57.5 Å². The van der Waals surface area contributed by atoms with Gasteiger partial charge in [0.05, 0.1) is 11.7 Å². The zero-order valence-electron chi connectivity index (χ0n) is 22.7. The number of rotatable bonds is 25. The molecule has 2 N–H and O–H groups in total. The van der Waals surface area contributed by atoms with Crippen LogP contribution in [0, 0.1) is 0 Å². The number of hydrogen-bond acceptors (Lipinski definition) is 3. The molecular weight excluding hydrogens is 452 g/mol. The number of aliphatic hydroxyl groups is 1. The van der Waals surface area contributed by atoms with E-state index >= 15 is 0 Å². The highest BCUT2D eigenvalue weighted by atomic mass is 32.2. The number of hydrogen-bond donors (Lipinski definition) is 2. The molecule has 0 saturated carbocycles. The van der Waals surface area contributed by atoms with Crippen LogP contribution in [0.3, 0.4) is 0 Å². The van der Waals surface area contributed by atoms with Gasteiger partial charge >= 0.3 is 5.97 Å². The van der Waals surface area contributed by atoms with E-state index in [9.17, 15) is 9.90 Å². The Morgan fingerprint density at radius 1 is 0.657 bits per heavy atom. The van der Waals surface area contributed by atoms with E-state index in [-0.39, 0.29) is 6.10 Å². The van der Waals surface area contributed by atoms with E-state index in [1.54, 1.807) is 23.9 Å². The quantitative estimate of drug-likeness (QED) is 0.102. The molecule has 1 atom stereocenters. The fourth-order valence-corrected chi connectivity index (χ4v) is 5.48. The summed E-state index contributed by atoms with van der Waals surface area (Å²) in [6, 6.07) is 6.88. The third-order valence-corrected chi connectivity index (χ3v) is 8.09. The van der Waals surface area contributed by atoms with Crippen molar-refractivity contribution in [3.8, 4) is 0 Å². The van der Waals surface area contributed by atoms with Gasteiger partial charge in [0, 0.05) is 10.6 Å². The van der Waals surface area contributed by atoms with E-state index < -0.39 is 5.97 Å². The molecule has 1 unspecified atom stereocenters. The molecule has 0 amide bonds. The summed E-state index contributed by atoms with van der Waals surface area (Å²) in [5, 5.41) is 19.1. The molecule has 0 aliphatic heterocycles. The minimum absolute atomic E-state index is 0.283. The van der Waals surface area contributed by atoms with Gasteiger partial charge in [0.15, 0.2) is 0 Å². The van der Waals surface area contributed by atoms with Crippen molar-refractivity contribution in [2.75, 3.05) is 5.75 Å². The Bertz CT molecular complexity index is 602. The van der Waals surface area contributed by atoms with Crippen molar-refractivity contribution < 1.29 is 15.0 Å². The molecule has 0 spiro atoms. The fourth-order valence-electron chi connectivity index (χ4n) is 4.60. The maximum Gasteiger partial charge on any atom is 0.335 e. The van der Waals surface area contributed by atoms with E-state index in [0.717, 1.165) is 17.7 Å². The molecule has 0 heterocycles. The van der Waals surface area contributed by atoms with Crippen LogP contribution in [0.4, 0.5) is 0 Å². The molecule has 0 radical (unpaired) electrons. The molecule has 202 valence electrons.